The molecule has 0 unspecified atom stereocenters. The normalized spacial score (nSPS) is 11.3. The molecule has 0 fully saturated rings. The van der Waals surface area contributed by atoms with Gasteiger partial charge in [0.05, 0.1) is 12.8 Å². The highest BCUT2D eigenvalue weighted by atomic mass is 32.2. The van der Waals surface area contributed by atoms with Gasteiger partial charge < -0.3 is 15.5 Å². The number of rotatable bonds is 7. The Morgan fingerprint density at radius 3 is 2.52 bits per heavy atom. The molecule has 1 aromatic carbocycles. The van der Waals surface area contributed by atoms with E-state index in [9.17, 15) is 13.2 Å². The van der Waals surface area contributed by atoms with Crippen LogP contribution in [0.15, 0.2) is 40.8 Å². The van der Waals surface area contributed by atoms with Crippen LogP contribution < -0.4 is 15.8 Å². The standard InChI is InChI=1S/C15H19N3O4S/c1-23(20,21)18-10-13-6-7-14(22-13)15(19)17-9-8-11-2-4-12(16)5-3-11/h2-7,18H,8-10,16H2,1H3,(H,17,19). The van der Waals surface area contributed by atoms with E-state index in [1.807, 2.05) is 24.3 Å². The van der Waals surface area contributed by atoms with Crippen LogP contribution in [0.2, 0.25) is 0 Å². The third kappa shape index (κ3) is 5.76. The first-order valence-electron chi connectivity index (χ1n) is 6.99. The summed E-state index contributed by atoms with van der Waals surface area (Å²) in [6.45, 7) is 0.470. The molecule has 4 N–H and O–H groups in total. The Labute approximate surface area is 134 Å². The molecule has 0 aliphatic rings. The summed E-state index contributed by atoms with van der Waals surface area (Å²) >= 11 is 0. The van der Waals surface area contributed by atoms with Crippen LogP contribution in [0, 0.1) is 0 Å². The largest absolute Gasteiger partial charge is 0.455 e. The minimum absolute atomic E-state index is 0.0115. The van der Waals surface area contributed by atoms with Gasteiger partial charge in [0.15, 0.2) is 5.76 Å². The number of carbonyl (C=O) groups is 1. The maximum Gasteiger partial charge on any atom is 0.287 e. The van der Waals surface area contributed by atoms with E-state index in [1.165, 1.54) is 6.07 Å². The maximum atomic E-state index is 11.9. The van der Waals surface area contributed by atoms with Crippen LogP contribution in [0.1, 0.15) is 21.9 Å². The summed E-state index contributed by atoms with van der Waals surface area (Å²) in [5.41, 5.74) is 7.37. The summed E-state index contributed by atoms with van der Waals surface area (Å²) in [6.07, 6.45) is 1.73. The lowest BCUT2D eigenvalue weighted by Crippen LogP contribution is -2.25. The lowest BCUT2D eigenvalue weighted by atomic mass is 10.1. The number of hydrogen-bond donors (Lipinski definition) is 3. The van der Waals surface area contributed by atoms with E-state index < -0.39 is 10.0 Å². The van der Waals surface area contributed by atoms with Gasteiger partial charge in [-0.1, -0.05) is 12.1 Å². The summed E-state index contributed by atoms with van der Waals surface area (Å²) < 4.78 is 29.6. The van der Waals surface area contributed by atoms with Gasteiger partial charge in [-0.2, -0.15) is 0 Å². The van der Waals surface area contributed by atoms with Crippen molar-refractivity contribution >= 4 is 21.6 Å². The number of benzene rings is 1. The van der Waals surface area contributed by atoms with E-state index in [4.69, 9.17) is 10.2 Å². The Morgan fingerprint density at radius 1 is 1.17 bits per heavy atom. The SMILES string of the molecule is CS(=O)(=O)NCc1ccc(C(=O)NCCc2ccc(N)cc2)o1. The van der Waals surface area contributed by atoms with Crippen LogP contribution in [0.4, 0.5) is 5.69 Å². The number of nitrogens with two attached hydrogens (primary N) is 1. The maximum absolute atomic E-state index is 11.9. The van der Waals surface area contributed by atoms with Crippen LogP contribution >= 0.6 is 0 Å². The van der Waals surface area contributed by atoms with Crippen molar-refractivity contribution in [3.63, 3.8) is 0 Å². The van der Waals surface area contributed by atoms with Gasteiger partial charge in [-0.05, 0) is 36.2 Å². The average Bonchev–Trinajstić information content (AvgIpc) is 2.95. The minimum Gasteiger partial charge on any atom is -0.455 e. The van der Waals surface area contributed by atoms with Gasteiger partial charge in [0, 0.05) is 12.2 Å². The molecule has 0 bridgehead atoms. The molecule has 0 saturated heterocycles. The fourth-order valence-electron chi connectivity index (χ4n) is 1.89. The molecule has 0 spiro atoms. The van der Waals surface area contributed by atoms with E-state index in [-0.39, 0.29) is 18.2 Å². The molecule has 2 aromatic rings. The fraction of sp³-hybridized carbons (Fsp3) is 0.267. The minimum atomic E-state index is -3.30. The average molecular weight is 337 g/mol. The molecule has 1 aromatic heterocycles. The van der Waals surface area contributed by atoms with Gasteiger partial charge in [0.25, 0.3) is 5.91 Å². The molecular weight excluding hydrogens is 318 g/mol. The number of furan rings is 1. The zero-order valence-corrected chi connectivity index (χ0v) is 13.5. The van der Waals surface area contributed by atoms with E-state index in [2.05, 4.69) is 10.0 Å². The number of anilines is 1. The number of hydrogen-bond acceptors (Lipinski definition) is 5. The van der Waals surface area contributed by atoms with Gasteiger partial charge in [0.2, 0.25) is 10.0 Å². The zero-order valence-electron chi connectivity index (χ0n) is 12.7. The second-order valence-electron chi connectivity index (χ2n) is 5.11. The van der Waals surface area contributed by atoms with Gasteiger partial charge in [-0.15, -0.1) is 0 Å². The molecule has 0 aliphatic heterocycles. The van der Waals surface area contributed by atoms with E-state index in [1.54, 1.807) is 6.07 Å². The third-order valence-electron chi connectivity index (χ3n) is 3.07. The van der Waals surface area contributed by atoms with Crippen LogP contribution in [0.25, 0.3) is 0 Å². The summed E-state index contributed by atoms with van der Waals surface area (Å²) in [6, 6.07) is 10.5. The Kier molecular flexibility index (Phi) is 5.41. The van der Waals surface area contributed by atoms with Gasteiger partial charge in [-0.3, -0.25) is 4.79 Å². The monoisotopic (exact) mass is 337 g/mol. The van der Waals surface area contributed by atoms with Crippen molar-refractivity contribution in [2.45, 2.75) is 13.0 Å². The second kappa shape index (κ2) is 7.30. The van der Waals surface area contributed by atoms with Crippen molar-refractivity contribution in [1.29, 1.82) is 0 Å². The predicted octanol–water partition coefficient (Wildman–Crippen LogP) is 0.884. The number of nitrogens with one attached hydrogen (secondary N) is 2. The summed E-state index contributed by atoms with van der Waals surface area (Å²) in [7, 11) is -3.30. The summed E-state index contributed by atoms with van der Waals surface area (Å²) in [5.74, 6) is 0.178. The quantitative estimate of drug-likeness (QED) is 0.649. The van der Waals surface area contributed by atoms with E-state index in [0.29, 0.717) is 24.4 Å². The Hall–Kier alpha value is -2.32. The molecular formula is C15H19N3O4S. The topological polar surface area (TPSA) is 114 Å². The molecule has 0 aliphatic carbocycles. The smallest absolute Gasteiger partial charge is 0.287 e. The molecule has 1 amide bonds. The van der Waals surface area contributed by atoms with E-state index in [0.717, 1.165) is 11.8 Å². The molecule has 2 rings (SSSR count). The fourth-order valence-corrected chi connectivity index (χ4v) is 2.29. The van der Waals surface area contributed by atoms with Crippen LogP contribution in [-0.2, 0) is 23.0 Å². The Balaban J connectivity index is 1.81. The zero-order chi connectivity index (χ0) is 16.9. The number of nitrogen functional groups attached to an aromatic ring is 1. The Morgan fingerprint density at radius 2 is 1.87 bits per heavy atom. The molecule has 8 heteroatoms. The van der Waals surface area contributed by atoms with Crippen molar-refractivity contribution in [1.82, 2.24) is 10.0 Å². The summed E-state index contributed by atoms with van der Waals surface area (Å²) in [5, 5.41) is 2.75. The number of sulfonamides is 1. The second-order valence-corrected chi connectivity index (χ2v) is 6.94. The Bertz CT molecular complexity index is 766. The van der Waals surface area contributed by atoms with Crippen molar-refractivity contribution in [2.24, 2.45) is 0 Å². The van der Waals surface area contributed by atoms with E-state index >= 15 is 0 Å². The van der Waals surface area contributed by atoms with Crippen molar-refractivity contribution in [3.8, 4) is 0 Å². The van der Waals surface area contributed by atoms with Crippen LogP contribution in [0.5, 0.6) is 0 Å². The first kappa shape index (κ1) is 17.0. The van der Waals surface area contributed by atoms with Gasteiger partial charge in [0.1, 0.15) is 5.76 Å². The highest BCUT2D eigenvalue weighted by molar-refractivity contribution is 7.88. The molecule has 7 nitrogen and oxygen atoms in total. The predicted molar refractivity (Wildman–Crippen MR) is 87.3 cm³/mol. The molecule has 0 atom stereocenters. The van der Waals surface area contributed by atoms with Gasteiger partial charge >= 0.3 is 0 Å². The molecule has 124 valence electrons. The first-order valence-corrected chi connectivity index (χ1v) is 8.88. The highest BCUT2D eigenvalue weighted by Gasteiger charge is 2.11. The lowest BCUT2D eigenvalue weighted by molar-refractivity contribution is 0.0924. The van der Waals surface area contributed by atoms with Crippen molar-refractivity contribution in [3.05, 3.63) is 53.5 Å². The number of carbonyl (C=O) groups excluding carboxylic acids is 1. The molecule has 1 heterocycles. The molecule has 0 saturated carbocycles. The molecule has 23 heavy (non-hydrogen) atoms. The van der Waals surface area contributed by atoms with Crippen molar-refractivity contribution < 1.29 is 17.6 Å². The van der Waals surface area contributed by atoms with Crippen molar-refractivity contribution in [2.75, 3.05) is 18.5 Å². The first-order chi connectivity index (χ1) is 10.8. The third-order valence-corrected chi connectivity index (χ3v) is 3.74. The molecule has 0 radical (unpaired) electrons. The van der Waals surface area contributed by atoms with Crippen LogP contribution in [-0.4, -0.2) is 27.1 Å². The highest BCUT2D eigenvalue weighted by Crippen LogP contribution is 2.09. The lowest BCUT2D eigenvalue weighted by Gasteiger charge is -2.04. The van der Waals surface area contributed by atoms with Crippen LogP contribution in [0.3, 0.4) is 0 Å². The van der Waals surface area contributed by atoms with Gasteiger partial charge in [-0.25, -0.2) is 13.1 Å². The summed E-state index contributed by atoms with van der Waals surface area (Å²) in [4.78, 5) is 11.9. The number of amides is 1.